The van der Waals surface area contributed by atoms with Gasteiger partial charge in [-0.15, -0.1) is 0 Å². The van der Waals surface area contributed by atoms with Crippen LogP contribution in [0.3, 0.4) is 0 Å². The van der Waals surface area contributed by atoms with Gasteiger partial charge in [-0.3, -0.25) is 24.0 Å². The van der Waals surface area contributed by atoms with Gasteiger partial charge in [-0.1, -0.05) is 32.4 Å². The van der Waals surface area contributed by atoms with Crippen LogP contribution in [0, 0.1) is 5.92 Å². The first-order chi connectivity index (χ1) is 17.7. The topological polar surface area (TPSA) is 251 Å². The highest BCUT2D eigenvalue weighted by Gasteiger charge is 2.33. The lowest BCUT2D eigenvalue weighted by Crippen LogP contribution is -2.59. The average molecular weight is 538 g/mol. The number of phenols is 1. The molecule has 14 heteroatoms. The van der Waals surface area contributed by atoms with E-state index < -0.39 is 72.1 Å². The molecule has 0 saturated carbocycles. The van der Waals surface area contributed by atoms with E-state index in [0.717, 1.165) is 0 Å². The Labute approximate surface area is 219 Å². The standard InChI is InChI=1S/C24H35N5O9/c1-3-12(2)20(23(36)28-17(24(37)38)11-18(26)31)29-22(35)16(10-13-4-6-14(30)7-5-13)27-21(34)15(25)8-9-19(32)33/h4-7,12,15-17,20,30H,3,8-11,25H2,1-2H3,(H2,26,31)(H,27,34)(H,28,36)(H,29,35)(H,32,33)(H,37,38). The van der Waals surface area contributed by atoms with Gasteiger partial charge in [0.2, 0.25) is 23.6 Å². The third-order valence-corrected chi connectivity index (χ3v) is 5.83. The molecule has 5 unspecified atom stereocenters. The van der Waals surface area contributed by atoms with Crippen molar-refractivity contribution in [3.8, 4) is 5.75 Å². The Hall–Kier alpha value is -4.20. The third-order valence-electron chi connectivity index (χ3n) is 5.83. The Morgan fingerprint density at radius 3 is 1.97 bits per heavy atom. The van der Waals surface area contributed by atoms with Crippen LogP contribution in [0.15, 0.2) is 24.3 Å². The minimum atomic E-state index is -1.61. The van der Waals surface area contributed by atoms with Crippen LogP contribution >= 0.6 is 0 Å². The first-order valence-corrected chi connectivity index (χ1v) is 11.9. The fourth-order valence-electron chi connectivity index (χ4n) is 3.38. The fraction of sp³-hybridized carbons (Fsp3) is 0.500. The van der Waals surface area contributed by atoms with Crippen molar-refractivity contribution >= 4 is 35.6 Å². The number of nitrogens with two attached hydrogens (primary N) is 2. The van der Waals surface area contributed by atoms with E-state index in [1.807, 2.05) is 0 Å². The lowest BCUT2D eigenvalue weighted by molar-refractivity contribution is -0.144. The maximum atomic E-state index is 13.3. The largest absolute Gasteiger partial charge is 0.508 e. The van der Waals surface area contributed by atoms with Crippen LogP contribution in [0.5, 0.6) is 5.75 Å². The quantitative estimate of drug-likeness (QED) is 0.122. The van der Waals surface area contributed by atoms with Gasteiger partial charge in [-0.25, -0.2) is 4.79 Å². The van der Waals surface area contributed by atoms with Gasteiger partial charge in [0.05, 0.1) is 12.5 Å². The maximum absolute atomic E-state index is 13.3. The number of phenolic OH excluding ortho intramolecular Hbond substituents is 1. The van der Waals surface area contributed by atoms with Crippen LogP contribution in [-0.2, 0) is 35.2 Å². The van der Waals surface area contributed by atoms with Crippen molar-refractivity contribution in [1.82, 2.24) is 16.0 Å². The summed E-state index contributed by atoms with van der Waals surface area (Å²) >= 11 is 0. The lowest BCUT2D eigenvalue weighted by atomic mass is 9.96. The van der Waals surface area contributed by atoms with Gasteiger partial charge in [0.25, 0.3) is 0 Å². The van der Waals surface area contributed by atoms with Crippen molar-refractivity contribution in [1.29, 1.82) is 0 Å². The second-order valence-electron chi connectivity index (χ2n) is 8.91. The van der Waals surface area contributed by atoms with Crippen molar-refractivity contribution < 1.29 is 44.1 Å². The summed E-state index contributed by atoms with van der Waals surface area (Å²) in [7, 11) is 0. The molecule has 0 aliphatic heterocycles. The Kier molecular flexibility index (Phi) is 12.7. The molecule has 0 aromatic heterocycles. The van der Waals surface area contributed by atoms with Crippen LogP contribution in [-0.4, -0.2) is 75.1 Å². The molecule has 0 aliphatic rings. The second-order valence-corrected chi connectivity index (χ2v) is 8.91. The number of carbonyl (C=O) groups is 6. The first kappa shape index (κ1) is 31.8. The smallest absolute Gasteiger partial charge is 0.326 e. The summed E-state index contributed by atoms with van der Waals surface area (Å²) in [6.45, 7) is 3.39. The lowest BCUT2D eigenvalue weighted by Gasteiger charge is -2.28. The van der Waals surface area contributed by atoms with Crippen molar-refractivity contribution in [3.63, 3.8) is 0 Å². The van der Waals surface area contributed by atoms with Gasteiger partial charge < -0.3 is 42.7 Å². The highest BCUT2D eigenvalue weighted by atomic mass is 16.4. The highest BCUT2D eigenvalue weighted by molar-refractivity contribution is 5.95. The molecule has 10 N–H and O–H groups in total. The van der Waals surface area contributed by atoms with E-state index in [1.54, 1.807) is 13.8 Å². The van der Waals surface area contributed by atoms with Gasteiger partial charge in [-0.05, 0) is 30.0 Å². The fourth-order valence-corrected chi connectivity index (χ4v) is 3.38. The van der Waals surface area contributed by atoms with E-state index in [1.165, 1.54) is 24.3 Å². The van der Waals surface area contributed by atoms with Gasteiger partial charge >= 0.3 is 11.9 Å². The van der Waals surface area contributed by atoms with Crippen LogP contribution in [0.4, 0.5) is 0 Å². The van der Waals surface area contributed by atoms with E-state index in [2.05, 4.69) is 16.0 Å². The molecule has 0 heterocycles. The molecule has 0 spiro atoms. The second kappa shape index (κ2) is 15.1. The normalized spacial score (nSPS) is 14.7. The predicted octanol–water partition coefficient (Wildman–Crippen LogP) is -1.41. The molecule has 38 heavy (non-hydrogen) atoms. The van der Waals surface area contributed by atoms with E-state index in [9.17, 15) is 39.0 Å². The number of aliphatic carboxylic acids is 2. The van der Waals surface area contributed by atoms with E-state index in [0.29, 0.717) is 12.0 Å². The molecule has 1 rings (SSSR count). The van der Waals surface area contributed by atoms with Gasteiger partial charge in [0.15, 0.2) is 0 Å². The van der Waals surface area contributed by atoms with E-state index in [-0.39, 0.29) is 25.0 Å². The molecule has 1 aromatic carbocycles. The summed E-state index contributed by atoms with van der Waals surface area (Å²) in [6, 6.07) is 0.474. The molecule has 14 nitrogen and oxygen atoms in total. The molecule has 0 radical (unpaired) electrons. The Morgan fingerprint density at radius 1 is 0.895 bits per heavy atom. The Morgan fingerprint density at radius 2 is 1.47 bits per heavy atom. The molecule has 0 bridgehead atoms. The SMILES string of the molecule is CCC(C)C(NC(=O)C(Cc1ccc(O)cc1)NC(=O)C(N)CCC(=O)O)C(=O)NC(CC(N)=O)C(=O)O. The van der Waals surface area contributed by atoms with Crippen LogP contribution in [0.25, 0.3) is 0 Å². The number of carboxylic acids is 2. The molecule has 0 fully saturated rings. The molecule has 0 saturated heterocycles. The number of rotatable bonds is 16. The van der Waals surface area contributed by atoms with Crippen molar-refractivity contribution in [3.05, 3.63) is 29.8 Å². The van der Waals surface area contributed by atoms with Crippen molar-refractivity contribution in [2.45, 2.75) is 70.1 Å². The Balaban J connectivity index is 3.16. The predicted molar refractivity (Wildman–Crippen MR) is 133 cm³/mol. The van der Waals surface area contributed by atoms with E-state index >= 15 is 0 Å². The van der Waals surface area contributed by atoms with Crippen LogP contribution in [0.1, 0.15) is 45.1 Å². The molecule has 0 aliphatic carbocycles. The average Bonchev–Trinajstić information content (AvgIpc) is 2.84. The van der Waals surface area contributed by atoms with E-state index in [4.69, 9.17) is 16.6 Å². The summed E-state index contributed by atoms with van der Waals surface area (Å²) in [5, 5.41) is 34.9. The first-order valence-electron chi connectivity index (χ1n) is 11.9. The van der Waals surface area contributed by atoms with Gasteiger partial charge in [0.1, 0.15) is 23.9 Å². The molecule has 5 atom stereocenters. The van der Waals surface area contributed by atoms with Gasteiger partial charge in [-0.2, -0.15) is 0 Å². The minimum absolute atomic E-state index is 0.0214. The molecule has 210 valence electrons. The highest BCUT2D eigenvalue weighted by Crippen LogP contribution is 2.13. The summed E-state index contributed by atoms with van der Waals surface area (Å²) in [5.74, 6) is -6.53. The van der Waals surface area contributed by atoms with Gasteiger partial charge in [0, 0.05) is 12.8 Å². The summed E-state index contributed by atoms with van der Waals surface area (Å²) in [6.07, 6.45) is -0.868. The zero-order chi connectivity index (χ0) is 29.0. The molecular weight excluding hydrogens is 502 g/mol. The number of primary amides is 1. The number of aromatic hydroxyl groups is 1. The number of nitrogens with one attached hydrogen (secondary N) is 3. The summed E-state index contributed by atoms with van der Waals surface area (Å²) in [4.78, 5) is 72.3. The Bertz CT molecular complexity index is 1020. The zero-order valence-electron chi connectivity index (χ0n) is 21.2. The number of hydrogen-bond acceptors (Lipinski definition) is 8. The third kappa shape index (κ3) is 10.8. The van der Waals surface area contributed by atoms with Crippen LogP contribution < -0.4 is 27.4 Å². The number of carboxylic acid groups (broad SMARTS) is 2. The minimum Gasteiger partial charge on any atom is -0.508 e. The number of amides is 4. The van der Waals surface area contributed by atoms with Crippen molar-refractivity contribution in [2.75, 3.05) is 0 Å². The number of benzene rings is 1. The van der Waals surface area contributed by atoms with Crippen LogP contribution in [0.2, 0.25) is 0 Å². The number of carbonyl (C=O) groups excluding carboxylic acids is 4. The molecule has 1 aromatic rings. The number of hydrogen-bond donors (Lipinski definition) is 8. The summed E-state index contributed by atoms with van der Waals surface area (Å²) < 4.78 is 0. The zero-order valence-corrected chi connectivity index (χ0v) is 21.2. The molecule has 4 amide bonds. The molecular formula is C24H35N5O9. The maximum Gasteiger partial charge on any atom is 0.326 e. The van der Waals surface area contributed by atoms with Crippen molar-refractivity contribution in [2.24, 2.45) is 17.4 Å². The monoisotopic (exact) mass is 537 g/mol. The summed E-state index contributed by atoms with van der Waals surface area (Å²) in [5.41, 5.74) is 11.4.